The Morgan fingerprint density at radius 1 is 1.19 bits per heavy atom. The lowest BCUT2D eigenvalue weighted by molar-refractivity contribution is -0.384. The highest BCUT2D eigenvalue weighted by Gasteiger charge is 2.15. The summed E-state index contributed by atoms with van der Waals surface area (Å²) in [6.45, 7) is 3.70. The van der Waals surface area contributed by atoms with Crippen molar-refractivity contribution in [1.82, 2.24) is 9.78 Å². The molecule has 1 heterocycles. The van der Waals surface area contributed by atoms with Gasteiger partial charge in [-0.3, -0.25) is 20.0 Å². The Kier molecular flexibility index (Phi) is 4.73. The lowest BCUT2D eigenvalue weighted by Gasteiger charge is -2.01. The van der Waals surface area contributed by atoms with Gasteiger partial charge in [-0.15, -0.1) is 0 Å². The van der Waals surface area contributed by atoms with E-state index in [0.717, 1.165) is 5.56 Å². The molecule has 8 heteroatoms. The third-order valence-corrected chi connectivity index (χ3v) is 4.11. The molecule has 0 aliphatic heterocycles. The minimum absolute atomic E-state index is 0.126. The maximum absolute atomic E-state index is 12.7. The first kappa shape index (κ1) is 17.6. The zero-order chi connectivity index (χ0) is 18.8. The molecular formula is C18H15ClN4O3. The molecule has 0 atom stereocenters. The second kappa shape index (κ2) is 6.97. The van der Waals surface area contributed by atoms with Crippen LogP contribution in [0.5, 0.6) is 0 Å². The number of aromatic amines is 1. The van der Waals surface area contributed by atoms with Crippen molar-refractivity contribution in [2.45, 2.75) is 13.8 Å². The molecular weight excluding hydrogens is 356 g/mol. The van der Waals surface area contributed by atoms with Crippen LogP contribution in [0.2, 0.25) is 5.02 Å². The molecule has 0 aliphatic carbocycles. The second-order valence-electron chi connectivity index (χ2n) is 5.77. The van der Waals surface area contributed by atoms with Gasteiger partial charge in [0.05, 0.1) is 16.2 Å². The van der Waals surface area contributed by atoms with Crippen molar-refractivity contribution in [1.29, 1.82) is 0 Å². The van der Waals surface area contributed by atoms with Gasteiger partial charge in [-0.25, -0.2) is 9.67 Å². The molecule has 0 amide bonds. The molecule has 0 radical (unpaired) electrons. The number of nitro benzene ring substituents is 1. The Labute approximate surface area is 153 Å². The number of rotatable bonds is 4. The van der Waals surface area contributed by atoms with Crippen molar-refractivity contribution in [3.05, 3.63) is 84.8 Å². The van der Waals surface area contributed by atoms with E-state index in [0.29, 0.717) is 16.9 Å². The standard InChI is InChI=1S/C18H15ClN4O3/c1-11-3-6-14(7-4-11)22-18(24)15(12(2)21-22)10-20-16-8-5-13(19)9-17(16)23(25)26/h3-10,21H,1-2H3. The van der Waals surface area contributed by atoms with E-state index < -0.39 is 4.92 Å². The smallest absolute Gasteiger partial charge is 0.295 e. The van der Waals surface area contributed by atoms with Crippen molar-refractivity contribution < 1.29 is 4.92 Å². The summed E-state index contributed by atoms with van der Waals surface area (Å²) >= 11 is 5.80. The number of halogens is 1. The molecule has 0 bridgehead atoms. The molecule has 0 aliphatic rings. The van der Waals surface area contributed by atoms with Gasteiger partial charge in [-0.2, -0.15) is 0 Å². The highest BCUT2D eigenvalue weighted by Crippen LogP contribution is 2.30. The average Bonchev–Trinajstić information content (AvgIpc) is 2.89. The van der Waals surface area contributed by atoms with Gasteiger partial charge in [0.2, 0.25) is 0 Å². The van der Waals surface area contributed by atoms with E-state index in [-0.39, 0.29) is 22.0 Å². The molecule has 0 saturated carbocycles. The Morgan fingerprint density at radius 3 is 2.54 bits per heavy atom. The van der Waals surface area contributed by atoms with Crippen molar-refractivity contribution in [3.63, 3.8) is 0 Å². The Morgan fingerprint density at radius 2 is 1.88 bits per heavy atom. The van der Waals surface area contributed by atoms with Crippen LogP contribution in [-0.4, -0.2) is 20.9 Å². The number of hydrogen-bond donors (Lipinski definition) is 1. The summed E-state index contributed by atoms with van der Waals surface area (Å²) in [5, 5.41) is 14.4. The van der Waals surface area contributed by atoms with Gasteiger partial charge in [0.25, 0.3) is 11.2 Å². The van der Waals surface area contributed by atoms with Gasteiger partial charge >= 0.3 is 0 Å². The van der Waals surface area contributed by atoms with Crippen molar-refractivity contribution in [3.8, 4) is 5.69 Å². The normalized spacial score (nSPS) is 11.2. The molecule has 26 heavy (non-hydrogen) atoms. The number of hydrogen-bond acceptors (Lipinski definition) is 4. The number of nitro groups is 1. The monoisotopic (exact) mass is 370 g/mol. The fourth-order valence-electron chi connectivity index (χ4n) is 2.47. The first-order valence-corrected chi connectivity index (χ1v) is 8.11. The topological polar surface area (TPSA) is 93.3 Å². The lowest BCUT2D eigenvalue weighted by Crippen LogP contribution is -2.17. The summed E-state index contributed by atoms with van der Waals surface area (Å²) in [4.78, 5) is 27.4. The summed E-state index contributed by atoms with van der Waals surface area (Å²) in [6, 6.07) is 11.6. The van der Waals surface area contributed by atoms with Crippen LogP contribution in [0.3, 0.4) is 0 Å². The molecule has 0 unspecified atom stereocenters. The second-order valence-corrected chi connectivity index (χ2v) is 6.21. The molecule has 1 N–H and O–H groups in total. The number of nitrogens with one attached hydrogen (secondary N) is 1. The van der Waals surface area contributed by atoms with E-state index in [1.165, 1.54) is 29.1 Å². The number of aliphatic imine (C=N–C) groups is 1. The molecule has 7 nitrogen and oxygen atoms in total. The molecule has 132 valence electrons. The summed E-state index contributed by atoms with van der Waals surface area (Å²) in [6.07, 6.45) is 1.33. The van der Waals surface area contributed by atoms with E-state index in [1.807, 2.05) is 31.2 Å². The SMILES string of the molecule is Cc1ccc(-n2[nH]c(C)c(C=Nc3ccc(Cl)cc3[N+](=O)[O-])c2=O)cc1. The first-order valence-electron chi connectivity index (χ1n) is 7.73. The predicted octanol–water partition coefficient (Wildman–Crippen LogP) is 4.09. The van der Waals surface area contributed by atoms with E-state index in [9.17, 15) is 14.9 Å². The highest BCUT2D eigenvalue weighted by atomic mass is 35.5. The van der Waals surface area contributed by atoms with E-state index in [4.69, 9.17) is 11.6 Å². The van der Waals surface area contributed by atoms with Crippen LogP contribution in [0.4, 0.5) is 11.4 Å². The zero-order valence-corrected chi connectivity index (χ0v) is 14.8. The van der Waals surface area contributed by atoms with E-state index in [1.54, 1.807) is 6.92 Å². The molecule has 3 rings (SSSR count). The predicted molar refractivity (Wildman–Crippen MR) is 101 cm³/mol. The number of H-pyrrole nitrogens is 1. The van der Waals surface area contributed by atoms with Crippen LogP contribution in [0.15, 0.2) is 52.3 Å². The number of benzene rings is 2. The maximum atomic E-state index is 12.7. The van der Waals surface area contributed by atoms with Crippen molar-refractivity contribution >= 4 is 29.2 Å². The van der Waals surface area contributed by atoms with E-state index >= 15 is 0 Å². The van der Waals surface area contributed by atoms with Gasteiger partial charge in [-0.1, -0.05) is 29.3 Å². The van der Waals surface area contributed by atoms with Crippen LogP contribution in [0.1, 0.15) is 16.8 Å². The molecule has 0 saturated heterocycles. The largest absolute Gasteiger partial charge is 0.296 e. The number of aryl methyl sites for hydroxylation is 2. The summed E-state index contributed by atoms with van der Waals surface area (Å²) in [5.41, 5.74) is 2.34. The molecule has 2 aromatic carbocycles. The number of aromatic nitrogens is 2. The number of nitrogens with zero attached hydrogens (tertiary/aromatic N) is 3. The third kappa shape index (κ3) is 3.43. The Balaban J connectivity index is 2.02. The van der Waals surface area contributed by atoms with Gasteiger partial charge in [-0.05, 0) is 38.1 Å². The summed E-state index contributed by atoms with van der Waals surface area (Å²) in [5.74, 6) is 0. The quantitative estimate of drug-likeness (QED) is 0.425. The van der Waals surface area contributed by atoms with Crippen molar-refractivity contribution in [2.75, 3.05) is 0 Å². The molecule has 0 fully saturated rings. The van der Waals surface area contributed by atoms with Crippen molar-refractivity contribution in [2.24, 2.45) is 4.99 Å². The van der Waals surface area contributed by atoms with Crippen LogP contribution >= 0.6 is 11.6 Å². The highest BCUT2D eigenvalue weighted by molar-refractivity contribution is 6.30. The van der Waals surface area contributed by atoms with Crippen LogP contribution in [-0.2, 0) is 0 Å². The lowest BCUT2D eigenvalue weighted by atomic mass is 10.2. The molecule has 0 spiro atoms. The van der Waals surface area contributed by atoms with Crippen LogP contribution in [0.25, 0.3) is 5.69 Å². The van der Waals surface area contributed by atoms with Gasteiger partial charge < -0.3 is 0 Å². The van der Waals surface area contributed by atoms with Crippen LogP contribution in [0, 0.1) is 24.0 Å². The van der Waals surface area contributed by atoms with Gasteiger partial charge in [0.15, 0.2) is 0 Å². The van der Waals surface area contributed by atoms with Gasteiger partial charge in [0, 0.05) is 23.0 Å². The average molecular weight is 371 g/mol. The summed E-state index contributed by atoms with van der Waals surface area (Å²) in [7, 11) is 0. The minimum Gasteiger partial charge on any atom is -0.295 e. The third-order valence-electron chi connectivity index (χ3n) is 3.88. The van der Waals surface area contributed by atoms with E-state index in [2.05, 4.69) is 10.1 Å². The minimum atomic E-state index is -0.562. The first-order chi connectivity index (χ1) is 12.4. The molecule has 3 aromatic rings. The summed E-state index contributed by atoms with van der Waals surface area (Å²) < 4.78 is 1.41. The Bertz CT molecular complexity index is 1070. The van der Waals surface area contributed by atoms with Gasteiger partial charge in [0.1, 0.15) is 5.69 Å². The fourth-order valence-corrected chi connectivity index (χ4v) is 2.64. The van der Waals surface area contributed by atoms with Crippen LogP contribution < -0.4 is 5.56 Å². The maximum Gasteiger partial charge on any atom is 0.296 e. The fraction of sp³-hybridized carbons (Fsp3) is 0.111. The Hall–Kier alpha value is -3.19. The molecule has 1 aromatic heterocycles. The zero-order valence-electron chi connectivity index (χ0n) is 14.1.